The Kier molecular flexibility index (Phi) is 3.56. The minimum absolute atomic E-state index is 0.0288. The minimum Gasteiger partial charge on any atom is -0.365 e. The molecule has 0 aromatic carbocycles. The van der Waals surface area contributed by atoms with Crippen LogP contribution < -0.4 is 10.6 Å². The maximum atomic E-state index is 12.7. The van der Waals surface area contributed by atoms with Gasteiger partial charge in [-0.3, -0.25) is 0 Å². The second-order valence-electron chi connectivity index (χ2n) is 5.10. The van der Waals surface area contributed by atoms with Gasteiger partial charge in [0.05, 0.1) is 0 Å². The molecule has 7 heteroatoms. The van der Waals surface area contributed by atoms with E-state index in [4.69, 9.17) is 0 Å². The van der Waals surface area contributed by atoms with Crippen molar-refractivity contribution in [2.75, 3.05) is 17.7 Å². The number of hydrogen-bond acceptors (Lipinski definition) is 4. The smallest absolute Gasteiger partial charge is 0.365 e. The van der Waals surface area contributed by atoms with E-state index in [1.165, 1.54) is 7.05 Å². The summed E-state index contributed by atoms with van der Waals surface area (Å²) < 4.78 is 38.2. The van der Waals surface area contributed by atoms with Crippen molar-refractivity contribution in [2.24, 2.45) is 0 Å². The number of nitrogens with one attached hydrogen (secondary N) is 2. The second-order valence-corrected chi connectivity index (χ2v) is 5.10. The van der Waals surface area contributed by atoms with Crippen LogP contribution in [0.5, 0.6) is 0 Å². The van der Waals surface area contributed by atoms with E-state index in [0.717, 1.165) is 31.7 Å². The van der Waals surface area contributed by atoms with E-state index in [2.05, 4.69) is 20.6 Å². The predicted octanol–water partition coefficient (Wildman–Crippen LogP) is 3.28. The fourth-order valence-electron chi connectivity index (χ4n) is 2.36. The Morgan fingerprint density at radius 1 is 1.21 bits per heavy atom. The molecule has 0 saturated heterocycles. The zero-order chi connectivity index (χ0) is 14.1. The molecule has 0 bridgehead atoms. The average Bonchev–Trinajstić information content (AvgIpc) is 2.74. The molecule has 19 heavy (non-hydrogen) atoms. The molecular formula is C12H17F3N4. The predicted molar refractivity (Wildman–Crippen MR) is 67.1 cm³/mol. The van der Waals surface area contributed by atoms with Crippen LogP contribution in [-0.4, -0.2) is 22.6 Å². The van der Waals surface area contributed by atoms with Gasteiger partial charge in [0.25, 0.3) is 0 Å². The van der Waals surface area contributed by atoms with Gasteiger partial charge in [-0.25, -0.2) is 4.98 Å². The lowest BCUT2D eigenvalue weighted by Gasteiger charge is -2.26. The van der Waals surface area contributed by atoms with Crippen molar-refractivity contribution in [1.29, 1.82) is 0 Å². The van der Waals surface area contributed by atoms with Crippen LogP contribution in [0.4, 0.5) is 24.9 Å². The van der Waals surface area contributed by atoms with Crippen LogP contribution in [0.1, 0.15) is 38.3 Å². The summed E-state index contributed by atoms with van der Waals surface area (Å²) in [6.45, 7) is 2.01. The SMILES string of the molecule is CNc1nc(NC2(C)CCCC2)cc(C(F)(F)F)n1. The van der Waals surface area contributed by atoms with Crippen LogP contribution >= 0.6 is 0 Å². The van der Waals surface area contributed by atoms with Gasteiger partial charge in [-0.1, -0.05) is 12.8 Å². The number of nitrogens with zero attached hydrogens (tertiary/aromatic N) is 2. The first-order valence-corrected chi connectivity index (χ1v) is 6.25. The van der Waals surface area contributed by atoms with Gasteiger partial charge in [-0.2, -0.15) is 18.2 Å². The van der Waals surface area contributed by atoms with Crippen molar-refractivity contribution >= 4 is 11.8 Å². The zero-order valence-electron chi connectivity index (χ0n) is 10.9. The molecule has 0 spiro atoms. The van der Waals surface area contributed by atoms with E-state index >= 15 is 0 Å². The van der Waals surface area contributed by atoms with E-state index in [-0.39, 0.29) is 17.3 Å². The molecule has 2 N–H and O–H groups in total. The molecule has 1 heterocycles. The van der Waals surface area contributed by atoms with Crippen molar-refractivity contribution in [1.82, 2.24) is 9.97 Å². The molecule has 0 atom stereocenters. The molecule has 1 fully saturated rings. The quantitative estimate of drug-likeness (QED) is 0.888. The molecule has 1 aromatic rings. The molecule has 0 amide bonds. The van der Waals surface area contributed by atoms with Gasteiger partial charge in [-0.15, -0.1) is 0 Å². The largest absolute Gasteiger partial charge is 0.433 e. The summed E-state index contributed by atoms with van der Waals surface area (Å²) in [7, 11) is 1.50. The summed E-state index contributed by atoms with van der Waals surface area (Å²) in [5.41, 5.74) is -1.11. The lowest BCUT2D eigenvalue weighted by atomic mass is 10.0. The van der Waals surface area contributed by atoms with Gasteiger partial charge in [-0.05, 0) is 19.8 Å². The van der Waals surface area contributed by atoms with Crippen molar-refractivity contribution < 1.29 is 13.2 Å². The van der Waals surface area contributed by atoms with Gasteiger partial charge in [0, 0.05) is 18.7 Å². The first-order valence-electron chi connectivity index (χ1n) is 6.25. The standard InChI is InChI=1S/C12H17F3N4/c1-11(5-3-4-6-11)19-9-7-8(12(13,14)15)17-10(16-2)18-9/h7H,3-6H2,1-2H3,(H2,16,17,18,19). The molecule has 0 radical (unpaired) electrons. The van der Waals surface area contributed by atoms with Crippen LogP contribution in [-0.2, 0) is 6.18 Å². The highest BCUT2D eigenvalue weighted by Gasteiger charge is 2.35. The fraction of sp³-hybridized carbons (Fsp3) is 0.667. The van der Waals surface area contributed by atoms with E-state index in [1.54, 1.807) is 0 Å². The van der Waals surface area contributed by atoms with Crippen LogP contribution in [0.2, 0.25) is 0 Å². The molecule has 1 aromatic heterocycles. The first-order chi connectivity index (χ1) is 8.82. The molecular weight excluding hydrogens is 257 g/mol. The molecule has 0 aliphatic heterocycles. The summed E-state index contributed by atoms with van der Waals surface area (Å²) in [5.74, 6) is 0.190. The van der Waals surface area contributed by atoms with Crippen LogP contribution in [0, 0.1) is 0 Å². The fourth-order valence-corrected chi connectivity index (χ4v) is 2.36. The Bertz CT molecular complexity index is 453. The normalized spacial score (nSPS) is 18.4. The van der Waals surface area contributed by atoms with Crippen molar-refractivity contribution in [3.05, 3.63) is 11.8 Å². The van der Waals surface area contributed by atoms with Crippen molar-refractivity contribution in [3.63, 3.8) is 0 Å². The van der Waals surface area contributed by atoms with Gasteiger partial charge >= 0.3 is 6.18 Å². The summed E-state index contributed by atoms with van der Waals surface area (Å²) in [6.07, 6.45) is -0.429. The molecule has 106 valence electrons. The zero-order valence-corrected chi connectivity index (χ0v) is 10.9. The van der Waals surface area contributed by atoms with E-state index in [0.29, 0.717) is 0 Å². The summed E-state index contributed by atoms with van der Waals surface area (Å²) in [4.78, 5) is 7.47. The molecule has 0 unspecified atom stereocenters. The lowest BCUT2D eigenvalue weighted by molar-refractivity contribution is -0.141. The Balaban J connectivity index is 2.29. The third-order valence-corrected chi connectivity index (χ3v) is 3.38. The number of halogens is 3. The van der Waals surface area contributed by atoms with Gasteiger partial charge in [0.2, 0.25) is 5.95 Å². The average molecular weight is 274 g/mol. The second kappa shape index (κ2) is 4.86. The van der Waals surface area contributed by atoms with Gasteiger partial charge in [0.15, 0.2) is 5.69 Å². The first kappa shape index (κ1) is 13.9. The highest BCUT2D eigenvalue weighted by Crippen LogP contribution is 2.34. The third kappa shape index (κ3) is 3.27. The number of aromatic nitrogens is 2. The third-order valence-electron chi connectivity index (χ3n) is 3.38. The topological polar surface area (TPSA) is 49.8 Å². The minimum atomic E-state index is -4.47. The number of alkyl halides is 3. The maximum absolute atomic E-state index is 12.7. The Morgan fingerprint density at radius 2 is 1.84 bits per heavy atom. The molecule has 1 saturated carbocycles. The summed E-state index contributed by atoms with van der Waals surface area (Å²) >= 11 is 0. The molecule has 1 aliphatic carbocycles. The summed E-state index contributed by atoms with van der Waals surface area (Å²) in [6, 6.07) is 0.963. The lowest BCUT2D eigenvalue weighted by Crippen LogP contribution is -2.31. The Hall–Kier alpha value is -1.53. The molecule has 4 nitrogen and oxygen atoms in total. The Morgan fingerprint density at radius 3 is 2.37 bits per heavy atom. The van der Waals surface area contributed by atoms with Crippen molar-refractivity contribution in [3.8, 4) is 0 Å². The van der Waals surface area contributed by atoms with Crippen LogP contribution in [0.3, 0.4) is 0 Å². The Labute approximate surface area is 109 Å². The summed E-state index contributed by atoms with van der Waals surface area (Å²) in [5, 5.41) is 5.67. The van der Waals surface area contributed by atoms with E-state index < -0.39 is 11.9 Å². The monoisotopic (exact) mass is 274 g/mol. The van der Waals surface area contributed by atoms with Gasteiger partial charge < -0.3 is 10.6 Å². The van der Waals surface area contributed by atoms with E-state index in [1.807, 2.05) is 6.92 Å². The number of hydrogen-bond donors (Lipinski definition) is 2. The number of rotatable bonds is 3. The van der Waals surface area contributed by atoms with E-state index in [9.17, 15) is 13.2 Å². The molecule has 2 rings (SSSR count). The number of anilines is 2. The maximum Gasteiger partial charge on any atom is 0.433 e. The van der Waals surface area contributed by atoms with Crippen LogP contribution in [0.25, 0.3) is 0 Å². The highest BCUT2D eigenvalue weighted by molar-refractivity contribution is 5.45. The van der Waals surface area contributed by atoms with Gasteiger partial charge in [0.1, 0.15) is 5.82 Å². The highest BCUT2D eigenvalue weighted by atomic mass is 19.4. The van der Waals surface area contributed by atoms with Crippen molar-refractivity contribution in [2.45, 2.75) is 44.3 Å². The van der Waals surface area contributed by atoms with Crippen LogP contribution in [0.15, 0.2) is 6.07 Å². The molecule has 1 aliphatic rings.